The van der Waals surface area contributed by atoms with E-state index in [0.717, 1.165) is 16.3 Å². The highest BCUT2D eigenvalue weighted by atomic mass is 32.2. The van der Waals surface area contributed by atoms with Gasteiger partial charge < -0.3 is 0 Å². The Labute approximate surface area is 130 Å². The molecule has 0 bridgehead atoms. The number of rotatable bonds is 4. The second kappa shape index (κ2) is 5.78. The summed E-state index contributed by atoms with van der Waals surface area (Å²) in [6, 6.07) is 22.4. The van der Waals surface area contributed by atoms with Crippen LogP contribution >= 0.6 is 0 Å². The summed E-state index contributed by atoms with van der Waals surface area (Å²) in [4.78, 5) is 0.336. The normalized spacial score (nSPS) is 11.5. The van der Waals surface area contributed by atoms with Crippen molar-refractivity contribution in [3.8, 4) is 0 Å². The van der Waals surface area contributed by atoms with Gasteiger partial charge in [-0.05, 0) is 34.0 Å². The van der Waals surface area contributed by atoms with E-state index in [0.29, 0.717) is 10.5 Å². The van der Waals surface area contributed by atoms with Gasteiger partial charge in [-0.2, -0.15) is 0 Å². The first-order valence-corrected chi connectivity index (χ1v) is 8.66. The van der Waals surface area contributed by atoms with Crippen molar-refractivity contribution in [2.75, 3.05) is 5.75 Å². The molecule has 2 nitrogen and oxygen atoms in total. The van der Waals surface area contributed by atoms with Crippen molar-refractivity contribution in [3.05, 3.63) is 84.9 Å². The predicted molar refractivity (Wildman–Crippen MR) is 91.5 cm³/mol. The molecule has 0 saturated carbocycles. The summed E-state index contributed by atoms with van der Waals surface area (Å²) in [5.74, 6) is -0.0741. The van der Waals surface area contributed by atoms with Crippen LogP contribution in [0.2, 0.25) is 0 Å². The summed E-state index contributed by atoms with van der Waals surface area (Å²) in [5.41, 5.74) is 1.46. The van der Waals surface area contributed by atoms with E-state index < -0.39 is 9.84 Å². The van der Waals surface area contributed by atoms with Gasteiger partial charge >= 0.3 is 0 Å². The molecular formula is C19H16O2S. The Balaban J connectivity index is 1.93. The zero-order valence-corrected chi connectivity index (χ0v) is 12.9. The van der Waals surface area contributed by atoms with Gasteiger partial charge in [-0.25, -0.2) is 8.42 Å². The molecular weight excluding hydrogens is 292 g/mol. The van der Waals surface area contributed by atoms with Gasteiger partial charge in [0.2, 0.25) is 0 Å². The van der Waals surface area contributed by atoms with Gasteiger partial charge in [-0.15, -0.1) is 0 Å². The molecule has 3 heteroatoms. The lowest BCUT2D eigenvalue weighted by Crippen LogP contribution is -2.08. The summed E-state index contributed by atoms with van der Waals surface area (Å²) in [7, 11) is -3.40. The maximum absolute atomic E-state index is 12.6. The molecule has 0 spiro atoms. The molecule has 0 N–H and O–H groups in total. The standard InChI is InChI=1S/C19H16O2S/c1-15(16-7-3-2-4-8-16)14-22(20,21)19-12-11-17-9-5-6-10-18(17)13-19/h2-13H,1,14H2. The first kappa shape index (κ1) is 14.5. The van der Waals surface area contributed by atoms with Crippen molar-refractivity contribution in [2.24, 2.45) is 0 Å². The largest absolute Gasteiger partial charge is 0.223 e. The molecule has 0 aromatic heterocycles. The first-order valence-electron chi connectivity index (χ1n) is 7.01. The lowest BCUT2D eigenvalue weighted by Gasteiger charge is -2.08. The van der Waals surface area contributed by atoms with Crippen LogP contribution in [-0.2, 0) is 9.84 Å². The maximum atomic E-state index is 12.6. The maximum Gasteiger partial charge on any atom is 0.182 e. The molecule has 0 aliphatic rings. The Hall–Kier alpha value is -2.39. The Morgan fingerprint density at radius 3 is 2.18 bits per heavy atom. The molecule has 0 unspecified atom stereocenters. The van der Waals surface area contributed by atoms with Crippen LogP contribution in [0.15, 0.2) is 84.3 Å². The minimum absolute atomic E-state index is 0.0741. The van der Waals surface area contributed by atoms with Crippen LogP contribution < -0.4 is 0 Å². The van der Waals surface area contributed by atoms with Crippen LogP contribution in [0.5, 0.6) is 0 Å². The number of sulfone groups is 1. The monoisotopic (exact) mass is 308 g/mol. The average Bonchev–Trinajstić information content (AvgIpc) is 2.55. The van der Waals surface area contributed by atoms with Crippen molar-refractivity contribution in [3.63, 3.8) is 0 Å². The molecule has 0 atom stereocenters. The molecule has 3 aromatic rings. The summed E-state index contributed by atoms with van der Waals surface area (Å²) < 4.78 is 25.2. The predicted octanol–water partition coefficient (Wildman–Crippen LogP) is 4.33. The molecule has 0 fully saturated rings. The number of hydrogen-bond donors (Lipinski definition) is 0. The molecule has 0 amide bonds. The zero-order chi connectivity index (χ0) is 15.6. The van der Waals surface area contributed by atoms with Crippen molar-refractivity contribution in [1.82, 2.24) is 0 Å². The molecule has 110 valence electrons. The molecule has 3 aromatic carbocycles. The van der Waals surface area contributed by atoms with Gasteiger partial charge in [0.05, 0.1) is 10.6 Å². The Bertz CT molecular complexity index is 926. The Kier molecular flexibility index (Phi) is 3.82. The molecule has 22 heavy (non-hydrogen) atoms. The minimum atomic E-state index is -3.40. The van der Waals surface area contributed by atoms with E-state index in [9.17, 15) is 8.42 Å². The van der Waals surface area contributed by atoms with Gasteiger partial charge in [-0.1, -0.05) is 67.2 Å². The molecule has 0 aliphatic carbocycles. The van der Waals surface area contributed by atoms with Gasteiger partial charge in [0.1, 0.15) is 0 Å². The van der Waals surface area contributed by atoms with Crippen LogP contribution in [0.25, 0.3) is 16.3 Å². The fourth-order valence-corrected chi connectivity index (χ4v) is 3.80. The third-order valence-corrected chi connectivity index (χ3v) is 5.33. The summed E-state index contributed by atoms with van der Waals surface area (Å²) >= 11 is 0. The molecule has 3 rings (SSSR count). The van der Waals surface area contributed by atoms with Crippen molar-refractivity contribution in [2.45, 2.75) is 4.90 Å². The highest BCUT2D eigenvalue weighted by Gasteiger charge is 2.17. The summed E-state index contributed by atoms with van der Waals surface area (Å²) in [6.45, 7) is 3.92. The topological polar surface area (TPSA) is 34.1 Å². The van der Waals surface area contributed by atoms with Crippen molar-refractivity contribution >= 4 is 26.2 Å². The third kappa shape index (κ3) is 2.95. The summed E-state index contributed by atoms with van der Waals surface area (Å²) in [6.07, 6.45) is 0. The highest BCUT2D eigenvalue weighted by molar-refractivity contribution is 7.91. The average molecular weight is 308 g/mol. The number of fused-ring (bicyclic) bond motifs is 1. The number of hydrogen-bond acceptors (Lipinski definition) is 2. The first-order chi connectivity index (χ1) is 10.6. The zero-order valence-electron chi connectivity index (χ0n) is 12.1. The van der Waals surface area contributed by atoms with E-state index in [-0.39, 0.29) is 5.75 Å². The van der Waals surface area contributed by atoms with E-state index in [1.54, 1.807) is 12.1 Å². The molecule has 0 aliphatic heterocycles. The molecule has 0 heterocycles. The van der Waals surface area contributed by atoms with E-state index >= 15 is 0 Å². The SMILES string of the molecule is C=C(CS(=O)(=O)c1ccc2ccccc2c1)c1ccccc1. The minimum Gasteiger partial charge on any atom is -0.223 e. The van der Waals surface area contributed by atoms with E-state index in [4.69, 9.17) is 0 Å². The van der Waals surface area contributed by atoms with Crippen LogP contribution in [0.4, 0.5) is 0 Å². The summed E-state index contributed by atoms with van der Waals surface area (Å²) in [5, 5.41) is 1.96. The number of benzene rings is 3. The second-order valence-electron chi connectivity index (χ2n) is 5.24. The third-order valence-electron chi connectivity index (χ3n) is 3.63. The van der Waals surface area contributed by atoms with Crippen LogP contribution in [0, 0.1) is 0 Å². The molecule has 0 saturated heterocycles. The van der Waals surface area contributed by atoms with Gasteiger partial charge in [0.25, 0.3) is 0 Å². The van der Waals surface area contributed by atoms with Crippen LogP contribution in [0.3, 0.4) is 0 Å². The fraction of sp³-hybridized carbons (Fsp3) is 0.0526. The second-order valence-corrected chi connectivity index (χ2v) is 7.23. The Morgan fingerprint density at radius 1 is 0.818 bits per heavy atom. The fourth-order valence-electron chi connectivity index (χ4n) is 2.43. The highest BCUT2D eigenvalue weighted by Crippen LogP contribution is 2.23. The lowest BCUT2D eigenvalue weighted by atomic mass is 10.1. The van der Waals surface area contributed by atoms with Gasteiger partial charge in [-0.3, -0.25) is 0 Å². The smallest absolute Gasteiger partial charge is 0.182 e. The van der Waals surface area contributed by atoms with Gasteiger partial charge in [0, 0.05) is 0 Å². The van der Waals surface area contributed by atoms with E-state index in [1.807, 2.05) is 60.7 Å². The van der Waals surface area contributed by atoms with Crippen molar-refractivity contribution in [1.29, 1.82) is 0 Å². The molecule has 0 radical (unpaired) electrons. The van der Waals surface area contributed by atoms with Gasteiger partial charge in [0.15, 0.2) is 9.84 Å². The van der Waals surface area contributed by atoms with Crippen molar-refractivity contribution < 1.29 is 8.42 Å². The van der Waals surface area contributed by atoms with E-state index in [1.165, 1.54) is 0 Å². The van der Waals surface area contributed by atoms with E-state index in [2.05, 4.69) is 6.58 Å². The van der Waals surface area contributed by atoms with Crippen LogP contribution in [-0.4, -0.2) is 14.2 Å². The quantitative estimate of drug-likeness (QED) is 0.719. The Morgan fingerprint density at radius 2 is 1.45 bits per heavy atom. The lowest BCUT2D eigenvalue weighted by molar-refractivity contribution is 0.599. The van der Waals surface area contributed by atoms with Crippen LogP contribution in [0.1, 0.15) is 5.56 Å².